The molecule has 0 radical (unpaired) electrons. The summed E-state index contributed by atoms with van der Waals surface area (Å²) in [5, 5.41) is 23.4. The highest BCUT2D eigenvalue weighted by molar-refractivity contribution is 7.85. The lowest BCUT2D eigenvalue weighted by atomic mass is 10.0. The second kappa shape index (κ2) is 37.4. The second-order valence-corrected chi connectivity index (χ2v) is 17.0. The van der Waals surface area contributed by atoms with E-state index in [-0.39, 0.29) is 6.42 Å². The van der Waals surface area contributed by atoms with Crippen LogP contribution in [0, 0.1) is 0 Å². The van der Waals surface area contributed by atoms with Gasteiger partial charge < -0.3 is 15.5 Å². The summed E-state index contributed by atoms with van der Waals surface area (Å²) < 4.78 is 32.6. The maximum atomic E-state index is 12.6. The average Bonchev–Trinajstić information content (AvgIpc) is 3.09. The number of aliphatic hydroxyl groups is 2. The van der Waals surface area contributed by atoms with Gasteiger partial charge in [0, 0.05) is 0 Å². The van der Waals surface area contributed by atoms with Crippen LogP contribution >= 0.6 is 0 Å². The Kier molecular flexibility index (Phi) is 36.7. The lowest BCUT2D eigenvalue weighted by Gasteiger charge is -2.22. The van der Waals surface area contributed by atoms with Gasteiger partial charge in [0.1, 0.15) is 6.10 Å². The molecule has 0 aliphatic rings. The van der Waals surface area contributed by atoms with Crippen molar-refractivity contribution >= 4 is 16.0 Å². The fraction of sp³-hybridized carbons (Fsp3) is 0.930. The van der Waals surface area contributed by atoms with Gasteiger partial charge in [-0.1, -0.05) is 225 Å². The molecule has 0 aromatic rings. The highest BCUT2D eigenvalue weighted by atomic mass is 32.2. The van der Waals surface area contributed by atoms with Gasteiger partial charge in [0.05, 0.1) is 17.9 Å². The van der Waals surface area contributed by atoms with Crippen LogP contribution in [0.25, 0.3) is 0 Å². The first-order valence-electron chi connectivity index (χ1n) is 22.0. The lowest BCUT2D eigenvalue weighted by Crippen LogP contribution is -2.50. The van der Waals surface area contributed by atoms with Gasteiger partial charge in [0.25, 0.3) is 10.1 Å². The molecule has 4 N–H and O–H groups in total. The number of amides is 1. The molecule has 0 fully saturated rings. The number of unbranched alkanes of at least 4 members (excludes halogenated alkanes) is 31. The van der Waals surface area contributed by atoms with E-state index in [1.807, 2.05) is 6.08 Å². The largest absolute Gasteiger partial charge is 0.387 e. The third kappa shape index (κ3) is 37.2. The Morgan fingerprint density at radius 3 is 1.18 bits per heavy atom. The highest BCUT2D eigenvalue weighted by Gasteiger charge is 2.27. The van der Waals surface area contributed by atoms with Gasteiger partial charge in [-0.15, -0.1) is 0 Å². The molecule has 0 aliphatic heterocycles. The van der Waals surface area contributed by atoms with Crippen molar-refractivity contribution in [2.24, 2.45) is 0 Å². The summed E-state index contributed by atoms with van der Waals surface area (Å²) in [5.41, 5.74) is 0. The van der Waals surface area contributed by atoms with Crippen LogP contribution in [0.2, 0.25) is 0 Å². The number of hydrogen-bond donors (Lipinski definition) is 4. The highest BCUT2D eigenvalue weighted by Crippen LogP contribution is 2.16. The molecule has 8 heteroatoms. The van der Waals surface area contributed by atoms with Crippen LogP contribution in [-0.4, -0.2) is 53.1 Å². The first-order valence-corrected chi connectivity index (χ1v) is 23.6. The van der Waals surface area contributed by atoms with Crippen LogP contribution in [0.15, 0.2) is 12.2 Å². The van der Waals surface area contributed by atoms with Gasteiger partial charge in [-0.25, -0.2) is 0 Å². The number of hydrogen-bond acceptors (Lipinski definition) is 5. The molecule has 0 heterocycles. The van der Waals surface area contributed by atoms with Crippen LogP contribution in [0.4, 0.5) is 0 Å². The summed E-state index contributed by atoms with van der Waals surface area (Å²) in [7, 11) is -4.44. The summed E-state index contributed by atoms with van der Waals surface area (Å²) in [6, 6.07) is -1.23. The van der Waals surface area contributed by atoms with Crippen molar-refractivity contribution in [3.63, 3.8) is 0 Å². The molecule has 3 unspecified atom stereocenters. The van der Waals surface area contributed by atoms with Gasteiger partial charge in [-0.2, -0.15) is 8.42 Å². The van der Waals surface area contributed by atoms with Crippen molar-refractivity contribution in [3.05, 3.63) is 12.2 Å². The third-order valence-electron chi connectivity index (χ3n) is 10.3. The predicted molar refractivity (Wildman–Crippen MR) is 218 cm³/mol. The Morgan fingerprint density at radius 1 is 0.529 bits per heavy atom. The molecular formula is C43H85NO6S. The molecule has 0 aromatic heterocycles. The molecule has 0 aromatic carbocycles. The summed E-state index contributed by atoms with van der Waals surface area (Å²) in [6.07, 6.45) is 42.6. The van der Waals surface area contributed by atoms with E-state index in [2.05, 4.69) is 19.2 Å². The first kappa shape index (κ1) is 50.0. The molecule has 7 nitrogen and oxygen atoms in total. The molecule has 1 amide bonds. The summed E-state index contributed by atoms with van der Waals surface area (Å²) in [4.78, 5) is 12.6. The van der Waals surface area contributed by atoms with Crippen molar-refractivity contribution in [2.75, 3.05) is 5.75 Å². The van der Waals surface area contributed by atoms with Gasteiger partial charge in [-0.3, -0.25) is 9.35 Å². The molecule has 0 saturated carbocycles. The molecule has 0 rings (SSSR count). The number of allylic oxidation sites excluding steroid dienone is 1. The minimum Gasteiger partial charge on any atom is -0.387 e. The standard InChI is InChI=1S/C43H85NO6S/c1-3-5-7-9-11-13-15-17-19-21-22-24-25-27-29-31-33-35-37-41(45)40(39-51(48,49)50)44-43(47)42(46)38-36-34-32-30-28-26-23-20-18-16-14-12-10-8-6-4-2/h35,37,40-42,45-46H,3-34,36,38-39H2,1-2H3,(H,44,47)(H,48,49,50)/b37-35+. The smallest absolute Gasteiger partial charge is 0.267 e. The minimum atomic E-state index is -4.44. The maximum absolute atomic E-state index is 12.6. The third-order valence-corrected chi connectivity index (χ3v) is 11.1. The van der Waals surface area contributed by atoms with Crippen LogP contribution in [0.3, 0.4) is 0 Å². The Labute approximate surface area is 316 Å². The van der Waals surface area contributed by atoms with Crippen molar-refractivity contribution in [3.8, 4) is 0 Å². The van der Waals surface area contributed by atoms with Crippen molar-refractivity contribution in [1.29, 1.82) is 0 Å². The van der Waals surface area contributed by atoms with Gasteiger partial charge in [0.15, 0.2) is 0 Å². The van der Waals surface area contributed by atoms with Gasteiger partial charge in [-0.05, 0) is 19.3 Å². The monoisotopic (exact) mass is 744 g/mol. The number of carbonyl (C=O) groups excluding carboxylic acids is 1. The molecular weight excluding hydrogens is 659 g/mol. The molecule has 0 saturated heterocycles. The summed E-state index contributed by atoms with van der Waals surface area (Å²) >= 11 is 0. The lowest BCUT2D eigenvalue weighted by molar-refractivity contribution is -0.130. The predicted octanol–water partition coefficient (Wildman–Crippen LogP) is 11.9. The van der Waals surface area contributed by atoms with E-state index in [0.717, 1.165) is 38.5 Å². The quantitative estimate of drug-likeness (QED) is 0.0281. The molecule has 304 valence electrons. The Balaban J connectivity index is 3.97. The van der Waals surface area contributed by atoms with Crippen molar-refractivity contribution < 1.29 is 28.0 Å². The zero-order valence-corrected chi connectivity index (χ0v) is 34.4. The second-order valence-electron chi connectivity index (χ2n) is 15.5. The van der Waals surface area contributed by atoms with Crippen LogP contribution < -0.4 is 5.32 Å². The molecule has 0 spiro atoms. The average molecular weight is 744 g/mol. The summed E-state index contributed by atoms with van der Waals surface area (Å²) in [5.74, 6) is -1.52. The number of aliphatic hydroxyl groups excluding tert-OH is 2. The Hall–Kier alpha value is -0.960. The van der Waals surface area contributed by atoms with Gasteiger partial charge in [0.2, 0.25) is 5.91 Å². The zero-order chi connectivity index (χ0) is 37.7. The maximum Gasteiger partial charge on any atom is 0.267 e. The fourth-order valence-corrected chi connectivity index (χ4v) is 7.66. The van der Waals surface area contributed by atoms with E-state index in [1.165, 1.54) is 173 Å². The fourth-order valence-electron chi connectivity index (χ4n) is 6.93. The van der Waals surface area contributed by atoms with Crippen molar-refractivity contribution in [2.45, 2.75) is 250 Å². The Bertz CT molecular complexity index is 880. The molecule has 0 aliphatic carbocycles. The first-order chi connectivity index (χ1) is 24.7. The van der Waals surface area contributed by atoms with Crippen LogP contribution in [-0.2, 0) is 14.9 Å². The minimum absolute atomic E-state index is 0.286. The molecule has 51 heavy (non-hydrogen) atoms. The topological polar surface area (TPSA) is 124 Å². The molecule has 3 atom stereocenters. The number of carbonyl (C=O) groups is 1. The van der Waals surface area contributed by atoms with Gasteiger partial charge >= 0.3 is 0 Å². The Morgan fingerprint density at radius 2 is 0.843 bits per heavy atom. The van der Waals surface area contributed by atoms with Crippen LogP contribution in [0.5, 0.6) is 0 Å². The van der Waals surface area contributed by atoms with E-state index in [1.54, 1.807) is 0 Å². The molecule has 0 bridgehead atoms. The number of nitrogens with one attached hydrogen (secondary N) is 1. The zero-order valence-electron chi connectivity index (χ0n) is 33.6. The summed E-state index contributed by atoms with van der Waals surface area (Å²) in [6.45, 7) is 4.52. The van der Waals surface area contributed by atoms with E-state index in [4.69, 9.17) is 0 Å². The van der Waals surface area contributed by atoms with Crippen molar-refractivity contribution in [1.82, 2.24) is 5.32 Å². The SMILES string of the molecule is CCCCCCCCCCCCCCCCCC/C=C/C(O)C(CS(=O)(=O)O)NC(=O)C(O)CCCCCCCCCCCCCCCCCC. The van der Waals surface area contributed by atoms with E-state index in [0.29, 0.717) is 6.42 Å². The van der Waals surface area contributed by atoms with E-state index >= 15 is 0 Å². The van der Waals surface area contributed by atoms with E-state index in [9.17, 15) is 28.0 Å². The van der Waals surface area contributed by atoms with E-state index < -0.39 is 40.0 Å². The normalized spacial score (nSPS) is 13.9. The van der Waals surface area contributed by atoms with Crippen LogP contribution in [0.1, 0.15) is 232 Å². The number of rotatable bonds is 40.